The van der Waals surface area contributed by atoms with Gasteiger partial charge in [-0.3, -0.25) is 10.1 Å². The van der Waals surface area contributed by atoms with Gasteiger partial charge < -0.3 is 10.1 Å². The second-order valence-corrected chi connectivity index (χ2v) is 8.43. The van der Waals surface area contributed by atoms with E-state index in [4.69, 9.17) is 4.74 Å². The van der Waals surface area contributed by atoms with Gasteiger partial charge in [-0.2, -0.15) is 11.8 Å². The molecule has 0 radical (unpaired) electrons. The molecular weight excluding hydrogens is 360 g/mol. The Kier molecular flexibility index (Phi) is 4.08. The standard InChI is InChI=1S/C21H20N2O3S/c24-23(25)14-6-9-20-19(10-14)17-2-1-3-18(17)21(22-20)13-4-7-15(8-5-13)26-16-11-27-12-16/h1-2,4-10,16-18,21-22H,3,11-12H2/t17-,18+,21+/m1/s1. The first-order chi connectivity index (χ1) is 13.2. The van der Waals surface area contributed by atoms with Crippen LogP contribution in [0.3, 0.4) is 0 Å². The summed E-state index contributed by atoms with van der Waals surface area (Å²) in [6, 6.07) is 13.7. The number of nitro benzene ring substituents is 1. The van der Waals surface area contributed by atoms with Crippen molar-refractivity contribution < 1.29 is 9.66 Å². The SMILES string of the molecule is O=[N+]([O-])c1ccc2c(c1)[C@@H]1C=CC[C@@H]1[C@H](c1ccc(OC3CSC3)cc1)N2. The van der Waals surface area contributed by atoms with Crippen molar-refractivity contribution in [1.29, 1.82) is 0 Å². The molecule has 0 unspecified atom stereocenters. The number of fused-ring (bicyclic) bond motifs is 3. The highest BCUT2D eigenvalue weighted by atomic mass is 32.2. The molecule has 6 heteroatoms. The number of thioether (sulfide) groups is 1. The van der Waals surface area contributed by atoms with Crippen LogP contribution >= 0.6 is 11.8 Å². The van der Waals surface area contributed by atoms with Gasteiger partial charge in [-0.25, -0.2) is 0 Å². The molecule has 5 rings (SSSR count). The number of nitro groups is 1. The zero-order valence-electron chi connectivity index (χ0n) is 14.7. The van der Waals surface area contributed by atoms with Crippen LogP contribution in [-0.2, 0) is 0 Å². The number of hydrogen-bond acceptors (Lipinski definition) is 5. The number of non-ortho nitro benzene ring substituents is 1. The van der Waals surface area contributed by atoms with E-state index in [1.54, 1.807) is 12.1 Å². The molecule has 0 aromatic heterocycles. The fraction of sp³-hybridized carbons (Fsp3) is 0.333. The summed E-state index contributed by atoms with van der Waals surface area (Å²) in [5, 5.41) is 14.8. The number of hydrogen-bond donors (Lipinski definition) is 1. The number of anilines is 1. The van der Waals surface area contributed by atoms with E-state index in [1.807, 2.05) is 17.8 Å². The van der Waals surface area contributed by atoms with Crippen LogP contribution in [0.5, 0.6) is 5.75 Å². The second-order valence-electron chi connectivity index (χ2n) is 7.35. The Hall–Kier alpha value is -2.47. The average molecular weight is 380 g/mol. The molecule has 0 saturated carbocycles. The van der Waals surface area contributed by atoms with E-state index < -0.39 is 0 Å². The molecule has 2 heterocycles. The number of rotatable bonds is 4. The minimum absolute atomic E-state index is 0.156. The van der Waals surface area contributed by atoms with Crippen molar-refractivity contribution in [3.8, 4) is 5.75 Å². The highest BCUT2D eigenvalue weighted by molar-refractivity contribution is 8.00. The van der Waals surface area contributed by atoms with Crippen LogP contribution in [0.25, 0.3) is 0 Å². The van der Waals surface area contributed by atoms with Crippen LogP contribution in [0.4, 0.5) is 11.4 Å². The van der Waals surface area contributed by atoms with Crippen LogP contribution < -0.4 is 10.1 Å². The molecular formula is C21H20N2O3S. The summed E-state index contributed by atoms with van der Waals surface area (Å²) in [5.74, 6) is 3.66. The predicted octanol–water partition coefficient (Wildman–Crippen LogP) is 4.92. The highest BCUT2D eigenvalue weighted by Gasteiger charge is 2.38. The molecule has 3 atom stereocenters. The van der Waals surface area contributed by atoms with E-state index in [0.717, 1.165) is 34.9 Å². The first kappa shape index (κ1) is 16.7. The lowest BCUT2D eigenvalue weighted by molar-refractivity contribution is -0.384. The Balaban J connectivity index is 1.43. The lowest BCUT2D eigenvalue weighted by atomic mass is 9.77. The van der Waals surface area contributed by atoms with E-state index in [2.05, 4.69) is 41.7 Å². The van der Waals surface area contributed by atoms with Crippen LogP contribution in [-0.4, -0.2) is 22.5 Å². The Bertz CT molecular complexity index is 908. The molecule has 1 fully saturated rings. The molecule has 1 N–H and O–H groups in total. The largest absolute Gasteiger partial charge is 0.489 e. The van der Waals surface area contributed by atoms with Gasteiger partial charge >= 0.3 is 0 Å². The van der Waals surface area contributed by atoms with Crippen molar-refractivity contribution in [1.82, 2.24) is 0 Å². The van der Waals surface area contributed by atoms with Gasteiger partial charge in [0.15, 0.2) is 0 Å². The van der Waals surface area contributed by atoms with Gasteiger partial charge in [0.25, 0.3) is 5.69 Å². The zero-order valence-corrected chi connectivity index (χ0v) is 15.5. The molecule has 2 aromatic rings. The van der Waals surface area contributed by atoms with Gasteiger partial charge in [0.05, 0.1) is 11.0 Å². The smallest absolute Gasteiger partial charge is 0.269 e. The summed E-state index contributed by atoms with van der Waals surface area (Å²) in [6.07, 6.45) is 5.72. The van der Waals surface area contributed by atoms with Gasteiger partial charge in [-0.1, -0.05) is 24.3 Å². The molecule has 5 nitrogen and oxygen atoms in total. The fourth-order valence-electron chi connectivity index (χ4n) is 4.25. The summed E-state index contributed by atoms with van der Waals surface area (Å²) in [4.78, 5) is 10.8. The molecule has 1 saturated heterocycles. The number of ether oxygens (including phenoxy) is 1. The van der Waals surface area contributed by atoms with Gasteiger partial charge in [0.2, 0.25) is 0 Å². The fourth-order valence-corrected chi connectivity index (χ4v) is 4.82. The summed E-state index contributed by atoms with van der Waals surface area (Å²) in [6.45, 7) is 0. The number of nitrogens with one attached hydrogen (secondary N) is 1. The van der Waals surface area contributed by atoms with Crippen LogP contribution in [0, 0.1) is 16.0 Å². The summed E-state index contributed by atoms with van der Waals surface area (Å²) < 4.78 is 5.95. The summed E-state index contributed by atoms with van der Waals surface area (Å²) in [7, 11) is 0. The maximum Gasteiger partial charge on any atom is 0.269 e. The Morgan fingerprint density at radius 1 is 1.15 bits per heavy atom. The normalized spacial score (nSPS) is 25.9. The molecule has 0 amide bonds. The Labute approximate surface area is 162 Å². The van der Waals surface area contributed by atoms with Crippen molar-refractivity contribution in [2.75, 3.05) is 16.8 Å². The quantitative estimate of drug-likeness (QED) is 0.464. The maximum atomic E-state index is 11.2. The number of nitrogens with zero attached hydrogens (tertiary/aromatic N) is 1. The lowest BCUT2D eigenvalue weighted by Gasteiger charge is -2.37. The highest BCUT2D eigenvalue weighted by Crippen LogP contribution is 2.50. The van der Waals surface area contributed by atoms with E-state index in [0.29, 0.717) is 12.0 Å². The topological polar surface area (TPSA) is 64.4 Å². The van der Waals surface area contributed by atoms with Gasteiger partial charge in [-0.05, 0) is 41.7 Å². The third-order valence-corrected chi connectivity index (χ3v) is 6.92. The first-order valence-corrected chi connectivity index (χ1v) is 10.4. The predicted molar refractivity (Wildman–Crippen MR) is 108 cm³/mol. The summed E-state index contributed by atoms with van der Waals surface area (Å²) in [5.41, 5.74) is 3.41. The molecule has 3 aliphatic rings. The summed E-state index contributed by atoms with van der Waals surface area (Å²) >= 11 is 1.91. The first-order valence-electron chi connectivity index (χ1n) is 9.25. The molecule has 1 aliphatic carbocycles. The van der Waals surface area contributed by atoms with Gasteiger partial charge in [0.1, 0.15) is 11.9 Å². The minimum Gasteiger partial charge on any atom is -0.489 e. The minimum atomic E-state index is -0.320. The van der Waals surface area contributed by atoms with Crippen molar-refractivity contribution in [2.45, 2.75) is 24.5 Å². The second kappa shape index (κ2) is 6.60. The van der Waals surface area contributed by atoms with Crippen molar-refractivity contribution >= 4 is 23.1 Å². The van der Waals surface area contributed by atoms with Crippen molar-refractivity contribution in [2.24, 2.45) is 5.92 Å². The Morgan fingerprint density at radius 3 is 2.67 bits per heavy atom. The molecule has 2 aromatic carbocycles. The zero-order chi connectivity index (χ0) is 18.4. The number of benzene rings is 2. The third-order valence-electron chi connectivity index (χ3n) is 5.71. The van der Waals surface area contributed by atoms with Crippen LogP contribution in [0.1, 0.15) is 29.5 Å². The van der Waals surface area contributed by atoms with Gasteiger partial charge in [0, 0.05) is 35.2 Å². The van der Waals surface area contributed by atoms with E-state index >= 15 is 0 Å². The lowest BCUT2D eigenvalue weighted by Crippen LogP contribution is -2.31. The van der Waals surface area contributed by atoms with Crippen LogP contribution in [0.2, 0.25) is 0 Å². The Morgan fingerprint density at radius 2 is 1.96 bits per heavy atom. The molecule has 2 aliphatic heterocycles. The molecule has 0 bridgehead atoms. The molecule has 27 heavy (non-hydrogen) atoms. The maximum absolute atomic E-state index is 11.2. The third kappa shape index (κ3) is 2.98. The molecule has 138 valence electrons. The average Bonchev–Trinajstić information content (AvgIpc) is 3.14. The van der Waals surface area contributed by atoms with E-state index in [1.165, 1.54) is 5.56 Å². The van der Waals surface area contributed by atoms with Crippen molar-refractivity contribution in [3.63, 3.8) is 0 Å². The van der Waals surface area contributed by atoms with Crippen LogP contribution in [0.15, 0.2) is 54.6 Å². The molecule has 0 spiro atoms. The monoisotopic (exact) mass is 380 g/mol. The van der Waals surface area contributed by atoms with E-state index in [9.17, 15) is 10.1 Å². The van der Waals surface area contributed by atoms with E-state index in [-0.39, 0.29) is 22.6 Å². The van der Waals surface area contributed by atoms with Gasteiger partial charge in [-0.15, -0.1) is 0 Å². The number of allylic oxidation sites excluding steroid dienone is 2. The van der Waals surface area contributed by atoms with Crippen molar-refractivity contribution in [3.05, 3.63) is 75.9 Å².